The molecular weight excluding hydrogens is 440 g/mol. The molecule has 1 aliphatic heterocycles. The van der Waals surface area contributed by atoms with E-state index in [0.29, 0.717) is 30.5 Å². The molecule has 0 bridgehead atoms. The van der Waals surface area contributed by atoms with E-state index in [1.54, 1.807) is 24.5 Å². The van der Waals surface area contributed by atoms with Crippen LogP contribution in [0.25, 0.3) is 22.3 Å². The zero-order chi connectivity index (χ0) is 23.3. The minimum Gasteiger partial charge on any atom is -0.435 e. The summed E-state index contributed by atoms with van der Waals surface area (Å²) in [4.78, 5) is 16.2. The van der Waals surface area contributed by atoms with E-state index in [1.807, 2.05) is 24.3 Å². The zero-order valence-electron chi connectivity index (χ0n) is 18.3. The van der Waals surface area contributed by atoms with Gasteiger partial charge in [-0.1, -0.05) is 18.2 Å². The van der Waals surface area contributed by atoms with Crippen molar-refractivity contribution in [3.63, 3.8) is 0 Å². The molecule has 2 aromatic carbocycles. The molecule has 1 aliphatic rings. The number of nitrogens with one attached hydrogen (secondary N) is 1. The summed E-state index contributed by atoms with van der Waals surface area (Å²) in [6.45, 7) is 0.990. The SMILES string of the molecule is FC(F)Oc1cccc(Nc2nc(-c3cccnc3)nc3c(CN4CCOCC4)cccc23)c1. The van der Waals surface area contributed by atoms with Crippen LogP contribution < -0.4 is 10.1 Å². The fourth-order valence-corrected chi connectivity index (χ4v) is 3.95. The van der Waals surface area contributed by atoms with Crippen LogP contribution in [0.3, 0.4) is 0 Å². The number of anilines is 2. The Kier molecular flexibility index (Phi) is 6.55. The lowest BCUT2D eigenvalue weighted by atomic mass is 10.1. The van der Waals surface area contributed by atoms with Crippen molar-refractivity contribution in [2.24, 2.45) is 0 Å². The van der Waals surface area contributed by atoms with Gasteiger partial charge in [0.05, 0.1) is 18.7 Å². The maximum absolute atomic E-state index is 12.7. The molecule has 0 spiro atoms. The molecule has 1 N–H and O–H groups in total. The molecule has 7 nitrogen and oxygen atoms in total. The normalized spacial score (nSPS) is 14.4. The van der Waals surface area contributed by atoms with Crippen molar-refractivity contribution in [1.29, 1.82) is 0 Å². The molecule has 0 amide bonds. The molecular formula is C25H23F2N5O2. The third-order valence-electron chi connectivity index (χ3n) is 5.55. The molecule has 2 aromatic heterocycles. The number of morpholine rings is 1. The second-order valence-corrected chi connectivity index (χ2v) is 7.87. The minimum atomic E-state index is -2.89. The van der Waals surface area contributed by atoms with E-state index in [2.05, 4.69) is 26.0 Å². The molecule has 9 heteroatoms. The number of pyridine rings is 1. The van der Waals surface area contributed by atoms with Crippen LogP contribution in [0.2, 0.25) is 0 Å². The van der Waals surface area contributed by atoms with Gasteiger partial charge in [-0.15, -0.1) is 0 Å². The fourth-order valence-electron chi connectivity index (χ4n) is 3.95. The van der Waals surface area contributed by atoms with Crippen molar-refractivity contribution >= 4 is 22.4 Å². The Morgan fingerprint density at radius 2 is 1.88 bits per heavy atom. The maximum atomic E-state index is 12.7. The number of para-hydroxylation sites is 1. The summed E-state index contributed by atoms with van der Waals surface area (Å²) in [6, 6.07) is 16.2. The van der Waals surface area contributed by atoms with E-state index in [4.69, 9.17) is 14.7 Å². The highest BCUT2D eigenvalue weighted by Crippen LogP contribution is 2.31. The predicted octanol–water partition coefficient (Wildman–Crippen LogP) is 4.87. The lowest BCUT2D eigenvalue weighted by Crippen LogP contribution is -2.35. The standard InChI is InChI=1S/C25H23F2N5O2/c26-25(27)34-20-7-2-6-19(14-20)29-24-21-8-1-4-18(16-32-10-12-33-13-11-32)22(21)30-23(31-24)17-5-3-9-28-15-17/h1-9,14-15,25H,10-13,16H2,(H,29,30,31). The van der Waals surface area contributed by atoms with Gasteiger partial charge in [0.2, 0.25) is 0 Å². The van der Waals surface area contributed by atoms with Crippen molar-refractivity contribution in [1.82, 2.24) is 19.9 Å². The van der Waals surface area contributed by atoms with Crippen LogP contribution in [0.4, 0.5) is 20.3 Å². The van der Waals surface area contributed by atoms with Gasteiger partial charge in [0.1, 0.15) is 11.6 Å². The molecule has 0 saturated carbocycles. The highest BCUT2D eigenvalue weighted by Gasteiger charge is 2.17. The zero-order valence-corrected chi connectivity index (χ0v) is 18.3. The van der Waals surface area contributed by atoms with Gasteiger partial charge in [-0.25, -0.2) is 9.97 Å². The number of hydrogen-bond donors (Lipinski definition) is 1. The van der Waals surface area contributed by atoms with E-state index in [1.165, 1.54) is 12.1 Å². The van der Waals surface area contributed by atoms with Gasteiger partial charge in [-0.3, -0.25) is 9.88 Å². The van der Waals surface area contributed by atoms with Crippen molar-refractivity contribution in [2.45, 2.75) is 13.2 Å². The van der Waals surface area contributed by atoms with Crippen molar-refractivity contribution < 1.29 is 18.3 Å². The van der Waals surface area contributed by atoms with Gasteiger partial charge in [-0.2, -0.15) is 8.78 Å². The van der Waals surface area contributed by atoms with E-state index in [9.17, 15) is 8.78 Å². The summed E-state index contributed by atoms with van der Waals surface area (Å²) in [5, 5.41) is 4.10. The van der Waals surface area contributed by atoms with Gasteiger partial charge < -0.3 is 14.8 Å². The highest BCUT2D eigenvalue weighted by atomic mass is 19.3. The average Bonchev–Trinajstić information content (AvgIpc) is 2.85. The number of ether oxygens (including phenoxy) is 2. The maximum Gasteiger partial charge on any atom is 0.387 e. The van der Waals surface area contributed by atoms with E-state index in [0.717, 1.165) is 41.7 Å². The number of nitrogens with zero attached hydrogens (tertiary/aromatic N) is 4. The van der Waals surface area contributed by atoms with Gasteiger partial charge in [-0.05, 0) is 35.9 Å². The Hall–Kier alpha value is -3.69. The first-order valence-corrected chi connectivity index (χ1v) is 11.0. The second-order valence-electron chi connectivity index (χ2n) is 7.87. The fraction of sp³-hybridized carbons (Fsp3) is 0.240. The third kappa shape index (κ3) is 5.11. The first-order chi connectivity index (χ1) is 16.7. The first-order valence-electron chi connectivity index (χ1n) is 11.0. The Morgan fingerprint density at radius 3 is 2.68 bits per heavy atom. The summed E-state index contributed by atoms with van der Waals surface area (Å²) in [5.41, 5.74) is 3.26. The lowest BCUT2D eigenvalue weighted by Gasteiger charge is -2.27. The highest BCUT2D eigenvalue weighted by molar-refractivity contribution is 5.94. The summed E-state index contributed by atoms with van der Waals surface area (Å²) in [7, 11) is 0. The molecule has 3 heterocycles. The van der Waals surface area contributed by atoms with Gasteiger partial charge >= 0.3 is 6.61 Å². The summed E-state index contributed by atoms with van der Waals surface area (Å²) < 4.78 is 35.4. The molecule has 0 radical (unpaired) electrons. The largest absolute Gasteiger partial charge is 0.435 e. The number of aromatic nitrogens is 3. The molecule has 174 valence electrons. The Labute approximate surface area is 195 Å². The number of hydrogen-bond acceptors (Lipinski definition) is 7. The van der Waals surface area contributed by atoms with Crippen LogP contribution in [-0.2, 0) is 11.3 Å². The summed E-state index contributed by atoms with van der Waals surface area (Å²) in [6.07, 6.45) is 3.41. The molecule has 0 atom stereocenters. The first kappa shape index (κ1) is 22.1. The van der Waals surface area contributed by atoms with Crippen LogP contribution in [0.15, 0.2) is 67.0 Å². The predicted molar refractivity (Wildman–Crippen MR) is 125 cm³/mol. The molecule has 34 heavy (non-hydrogen) atoms. The molecule has 1 fully saturated rings. The van der Waals surface area contributed by atoms with E-state index >= 15 is 0 Å². The molecule has 4 aromatic rings. The Bertz CT molecular complexity index is 1270. The number of rotatable bonds is 7. The van der Waals surface area contributed by atoms with E-state index < -0.39 is 6.61 Å². The van der Waals surface area contributed by atoms with Crippen LogP contribution in [0.5, 0.6) is 5.75 Å². The molecule has 1 saturated heterocycles. The van der Waals surface area contributed by atoms with Crippen molar-refractivity contribution in [3.05, 3.63) is 72.6 Å². The third-order valence-corrected chi connectivity index (χ3v) is 5.55. The van der Waals surface area contributed by atoms with Crippen LogP contribution in [0, 0.1) is 0 Å². The monoisotopic (exact) mass is 463 g/mol. The quantitative estimate of drug-likeness (QED) is 0.419. The number of alkyl halides is 2. The smallest absolute Gasteiger partial charge is 0.387 e. The summed E-state index contributed by atoms with van der Waals surface area (Å²) in [5.74, 6) is 1.17. The summed E-state index contributed by atoms with van der Waals surface area (Å²) >= 11 is 0. The van der Waals surface area contributed by atoms with Crippen molar-refractivity contribution in [2.75, 3.05) is 31.6 Å². The average molecular weight is 463 g/mol. The molecule has 0 unspecified atom stereocenters. The molecule has 5 rings (SSSR count). The number of benzene rings is 2. The van der Waals surface area contributed by atoms with Gasteiger partial charge in [0.25, 0.3) is 0 Å². The minimum absolute atomic E-state index is 0.0684. The Morgan fingerprint density at radius 1 is 1.03 bits per heavy atom. The van der Waals surface area contributed by atoms with Crippen LogP contribution in [-0.4, -0.2) is 52.8 Å². The van der Waals surface area contributed by atoms with Gasteiger partial charge in [0, 0.05) is 54.7 Å². The van der Waals surface area contributed by atoms with Gasteiger partial charge in [0.15, 0.2) is 5.82 Å². The van der Waals surface area contributed by atoms with Crippen LogP contribution in [0.1, 0.15) is 5.56 Å². The number of halogens is 2. The topological polar surface area (TPSA) is 72.4 Å². The van der Waals surface area contributed by atoms with E-state index in [-0.39, 0.29) is 5.75 Å². The lowest BCUT2D eigenvalue weighted by molar-refractivity contribution is -0.0498. The second kappa shape index (κ2) is 10.1. The van der Waals surface area contributed by atoms with Crippen molar-refractivity contribution in [3.8, 4) is 17.1 Å². The van der Waals surface area contributed by atoms with Crippen LogP contribution >= 0.6 is 0 Å². The Balaban J connectivity index is 1.58. The number of fused-ring (bicyclic) bond motifs is 1. The molecule has 0 aliphatic carbocycles.